The Labute approximate surface area is 108 Å². The number of sulfone groups is 1. The Morgan fingerprint density at radius 3 is 2.53 bits per heavy atom. The second kappa shape index (κ2) is 6.38. The molecule has 1 aromatic carbocycles. The van der Waals surface area contributed by atoms with Crippen LogP contribution in [0.5, 0.6) is 0 Å². The summed E-state index contributed by atoms with van der Waals surface area (Å²) >= 11 is 5.99. The minimum atomic E-state index is -2.96. The molecule has 1 aromatic rings. The molecule has 96 valence electrons. The van der Waals surface area contributed by atoms with Gasteiger partial charge in [0.2, 0.25) is 0 Å². The summed E-state index contributed by atoms with van der Waals surface area (Å²) in [4.78, 5) is 0. The van der Waals surface area contributed by atoms with E-state index in [1.807, 2.05) is 24.3 Å². The van der Waals surface area contributed by atoms with E-state index in [2.05, 4.69) is 5.32 Å². The average molecular weight is 276 g/mol. The molecule has 0 fully saturated rings. The van der Waals surface area contributed by atoms with E-state index in [-0.39, 0.29) is 11.0 Å². The van der Waals surface area contributed by atoms with Gasteiger partial charge in [0.1, 0.15) is 0 Å². The molecule has 0 bridgehead atoms. The number of nitrogens with one attached hydrogen (secondary N) is 1. The third kappa shape index (κ3) is 4.66. The highest BCUT2D eigenvalue weighted by Gasteiger charge is 2.14. The van der Waals surface area contributed by atoms with Crippen molar-refractivity contribution < 1.29 is 8.42 Å². The Kier molecular flexibility index (Phi) is 5.43. The Bertz CT molecular complexity index is 457. The summed E-state index contributed by atoms with van der Waals surface area (Å²) in [5, 5.41) is 3.48. The van der Waals surface area contributed by atoms with Crippen LogP contribution in [0.3, 0.4) is 0 Å². The normalized spacial score (nSPS) is 12.0. The van der Waals surface area contributed by atoms with Crippen molar-refractivity contribution in [2.24, 2.45) is 0 Å². The number of hydrogen-bond acceptors (Lipinski definition) is 3. The van der Waals surface area contributed by atoms with Gasteiger partial charge in [0.05, 0.1) is 11.0 Å². The molecule has 1 rings (SSSR count). The van der Waals surface area contributed by atoms with Gasteiger partial charge in [0, 0.05) is 18.1 Å². The minimum Gasteiger partial charge on any atom is -0.312 e. The molecule has 0 aromatic heterocycles. The number of halogens is 1. The Morgan fingerprint density at radius 2 is 1.94 bits per heavy atom. The molecule has 0 aliphatic rings. The summed E-state index contributed by atoms with van der Waals surface area (Å²) in [6, 6.07) is 7.53. The number of rotatable bonds is 6. The summed E-state index contributed by atoms with van der Waals surface area (Å²) in [5.41, 5.74) is 0.983. The van der Waals surface area contributed by atoms with Crippen LogP contribution in [0.15, 0.2) is 24.3 Å². The van der Waals surface area contributed by atoms with Gasteiger partial charge in [-0.1, -0.05) is 29.8 Å². The van der Waals surface area contributed by atoms with Gasteiger partial charge in [0.15, 0.2) is 9.84 Å². The fourth-order valence-corrected chi connectivity index (χ4v) is 2.42. The summed E-state index contributed by atoms with van der Waals surface area (Å²) in [6.07, 6.45) is 0. The van der Waals surface area contributed by atoms with E-state index in [0.717, 1.165) is 5.56 Å². The highest BCUT2D eigenvalue weighted by Crippen LogP contribution is 2.14. The maximum atomic E-state index is 11.5. The zero-order valence-electron chi connectivity index (χ0n) is 10.1. The first-order valence-corrected chi connectivity index (χ1v) is 7.68. The molecule has 0 aliphatic carbocycles. The molecule has 0 atom stereocenters. The fraction of sp³-hybridized carbons (Fsp3) is 0.500. The van der Waals surface area contributed by atoms with E-state index < -0.39 is 9.84 Å². The third-order valence-electron chi connectivity index (χ3n) is 2.55. The lowest BCUT2D eigenvalue weighted by Gasteiger charge is -2.09. The lowest BCUT2D eigenvalue weighted by atomic mass is 10.2. The Hall–Kier alpha value is -0.580. The van der Waals surface area contributed by atoms with Crippen molar-refractivity contribution in [3.8, 4) is 0 Å². The van der Waals surface area contributed by atoms with Gasteiger partial charge in [-0.25, -0.2) is 8.42 Å². The smallest absolute Gasteiger partial charge is 0.153 e. The monoisotopic (exact) mass is 275 g/mol. The first-order chi connectivity index (χ1) is 7.93. The predicted molar refractivity (Wildman–Crippen MR) is 72.1 cm³/mol. The van der Waals surface area contributed by atoms with Crippen LogP contribution in [0, 0.1) is 0 Å². The third-order valence-corrected chi connectivity index (χ3v) is 5.13. The molecule has 1 N–H and O–H groups in total. The van der Waals surface area contributed by atoms with Crippen LogP contribution < -0.4 is 5.32 Å². The zero-order chi connectivity index (χ0) is 12.9. The van der Waals surface area contributed by atoms with Crippen LogP contribution in [-0.2, 0) is 16.4 Å². The quantitative estimate of drug-likeness (QED) is 0.810. The van der Waals surface area contributed by atoms with Crippen LogP contribution in [0.2, 0.25) is 5.02 Å². The molecular weight excluding hydrogens is 258 g/mol. The standard InChI is InChI=1S/C12H18ClNO2S/c1-10(2)17(15,16)8-7-14-9-11-5-3-4-6-12(11)13/h3-6,10,14H,7-9H2,1-2H3. The lowest BCUT2D eigenvalue weighted by Crippen LogP contribution is -2.27. The van der Waals surface area contributed by atoms with Gasteiger partial charge < -0.3 is 5.32 Å². The van der Waals surface area contributed by atoms with E-state index in [1.54, 1.807) is 13.8 Å². The molecule has 0 unspecified atom stereocenters. The second-order valence-corrected chi connectivity index (χ2v) is 7.27. The highest BCUT2D eigenvalue weighted by molar-refractivity contribution is 7.92. The van der Waals surface area contributed by atoms with Crippen LogP contribution >= 0.6 is 11.6 Å². The topological polar surface area (TPSA) is 46.2 Å². The number of hydrogen-bond donors (Lipinski definition) is 1. The number of benzene rings is 1. The van der Waals surface area contributed by atoms with Crippen molar-refractivity contribution in [1.82, 2.24) is 5.32 Å². The van der Waals surface area contributed by atoms with Gasteiger partial charge in [0.25, 0.3) is 0 Å². The molecule has 0 spiro atoms. The summed E-state index contributed by atoms with van der Waals surface area (Å²) in [5.74, 6) is 0.162. The second-order valence-electron chi connectivity index (χ2n) is 4.18. The van der Waals surface area contributed by atoms with Crippen molar-refractivity contribution >= 4 is 21.4 Å². The van der Waals surface area contributed by atoms with E-state index in [9.17, 15) is 8.42 Å². The van der Waals surface area contributed by atoms with E-state index in [4.69, 9.17) is 11.6 Å². The van der Waals surface area contributed by atoms with Crippen LogP contribution in [-0.4, -0.2) is 26.0 Å². The predicted octanol–water partition coefficient (Wildman–Crippen LogP) is 2.25. The molecule has 0 heterocycles. The zero-order valence-corrected chi connectivity index (χ0v) is 11.7. The van der Waals surface area contributed by atoms with Crippen LogP contribution in [0.25, 0.3) is 0 Å². The minimum absolute atomic E-state index is 0.162. The highest BCUT2D eigenvalue weighted by atomic mass is 35.5. The largest absolute Gasteiger partial charge is 0.312 e. The molecule has 0 saturated heterocycles. The molecule has 0 aliphatic heterocycles. The van der Waals surface area contributed by atoms with Crippen molar-refractivity contribution in [2.45, 2.75) is 25.6 Å². The van der Waals surface area contributed by atoms with E-state index in [1.165, 1.54) is 0 Å². The van der Waals surface area contributed by atoms with Gasteiger partial charge >= 0.3 is 0 Å². The molecular formula is C12H18ClNO2S. The Balaban J connectivity index is 2.38. The van der Waals surface area contributed by atoms with Crippen LogP contribution in [0.1, 0.15) is 19.4 Å². The Morgan fingerprint density at radius 1 is 1.29 bits per heavy atom. The lowest BCUT2D eigenvalue weighted by molar-refractivity contribution is 0.582. The first kappa shape index (κ1) is 14.5. The average Bonchev–Trinajstić information content (AvgIpc) is 2.26. The molecule has 17 heavy (non-hydrogen) atoms. The maximum Gasteiger partial charge on any atom is 0.153 e. The van der Waals surface area contributed by atoms with E-state index in [0.29, 0.717) is 18.1 Å². The SMILES string of the molecule is CC(C)S(=O)(=O)CCNCc1ccccc1Cl. The van der Waals surface area contributed by atoms with Crippen LogP contribution in [0.4, 0.5) is 0 Å². The first-order valence-electron chi connectivity index (χ1n) is 5.59. The summed E-state index contributed by atoms with van der Waals surface area (Å²) < 4.78 is 23.1. The molecule has 5 heteroatoms. The summed E-state index contributed by atoms with van der Waals surface area (Å²) in [7, 11) is -2.96. The van der Waals surface area contributed by atoms with Crippen molar-refractivity contribution in [3.63, 3.8) is 0 Å². The van der Waals surface area contributed by atoms with Gasteiger partial charge in [-0.05, 0) is 25.5 Å². The van der Waals surface area contributed by atoms with Crippen molar-refractivity contribution in [2.75, 3.05) is 12.3 Å². The molecule has 0 saturated carbocycles. The summed E-state index contributed by atoms with van der Waals surface area (Å²) in [6.45, 7) is 4.44. The van der Waals surface area contributed by atoms with E-state index >= 15 is 0 Å². The molecule has 0 amide bonds. The molecule has 3 nitrogen and oxygen atoms in total. The van der Waals surface area contributed by atoms with Crippen molar-refractivity contribution in [3.05, 3.63) is 34.9 Å². The van der Waals surface area contributed by atoms with Gasteiger partial charge in [-0.15, -0.1) is 0 Å². The van der Waals surface area contributed by atoms with Gasteiger partial charge in [-0.3, -0.25) is 0 Å². The molecule has 0 radical (unpaired) electrons. The van der Waals surface area contributed by atoms with Crippen molar-refractivity contribution in [1.29, 1.82) is 0 Å². The fourth-order valence-electron chi connectivity index (χ4n) is 1.31. The maximum absolute atomic E-state index is 11.5. The van der Waals surface area contributed by atoms with Gasteiger partial charge in [-0.2, -0.15) is 0 Å².